The smallest absolute Gasteiger partial charge is 0.324 e. The lowest BCUT2D eigenvalue weighted by Crippen LogP contribution is -2.45. The molecule has 29 heavy (non-hydrogen) atoms. The third-order valence-electron chi connectivity index (χ3n) is 3.76. The highest BCUT2D eigenvalue weighted by Crippen LogP contribution is 2.17. The second-order valence-electron chi connectivity index (χ2n) is 6.71. The first-order chi connectivity index (χ1) is 13.5. The topological polar surface area (TPSA) is 140 Å². The summed E-state index contributed by atoms with van der Waals surface area (Å²) in [7, 11) is -0.449. The zero-order valence-electron chi connectivity index (χ0n) is 16.5. The zero-order chi connectivity index (χ0) is 21.8. The van der Waals surface area contributed by atoms with E-state index in [0.29, 0.717) is 5.95 Å². The number of nitrogens with one attached hydrogen (secondary N) is 1. The highest BCUT2D eigenvalue weighted by molar-refractivity contribution is 9.10. The van der Waals surface area contributed by atoms with E-state index in [1.54, 1.807) is 45.0 Å². The van der Waals surface area contributed by atoms with Crippen molar-refractivity contribution in [1.82, 2.24) is 19.7 Å². The van der Waals surface area contributed by atoms with E-state index in [9.17, 15) is 13.2 Å². The minimum Gasteiger partial charge on any atom is -0.456 e. The Morgan fingerprint density at radius 3 is 2.38 bits per heavy atom. The maximum absolute atomic E-state index is 12.6. The van der Waals surface area contributed by atoms with Gasteiger partial charge in [-0.2, -0.15) is 19.7 Å². The summed E-state index contributed by atoms with van der Waals surface area (Å²) in [6, 6.07) is 4.99. The van der Waals surface area contributed by atoms with Gasteiger partial charge in [-0.15, -0.1) is 0 Å². The van der Waals surface area contributed by atoms with Crippen LogP contribution >= 0.6 is 15.9 Å². The molecule has 0 saturated carbocycles. The highest BCUT2D eigenvalue weighted by atomic mass is 79.9. The molecule has 1 heterocycles. The summed E-state index contributed by atoms with van der Waals surface area (Å²) in [4.78, 5) is 26.3. The molecule has 2 aromatic rings. The number of hydrogen-bond donors (Lipinski definition) is 2. The number of carbonyl (C=O) groups is 1. The first-order valence-electron chi connectivity index (χ1n) is 8.62. The van der Waals surface area contributed by atoms with E-state index < -0.39 is 22.0 Å². The Hall–Kier alpha value is -2.31. The Kier molecular flexibility index (Phi) is 7.49. The van der Waals surface area contributed by atoms with Crippen LogP contribution in [0.3, 0.4) is 0 Å². The number of sulfonamides is 1. The van der Waals surface area contributed by atoms with Crippen molar-refractivity contribution < 1.29 is 17.9 Å². The van der Waals surface area contributed by atoms with E-state index in [1.165, 1.54) is 12.1 Å². The van der Waals surface area contributed by atoms with Crippen LogP contribution in [0.2, 0.25) is 0 Å². The molecule has 1 aromatic carbocycles. The fraction of sp³-hybridized carbons (Fsp3) is 0.412. The van der Waals surface area contributed by atoms with E-state index in [-0.39, 0.29) is 29.2 Å². The predicted octanol–water partition coefficient (Wildman–Crippen LogP) is 1.33. The summed E-state index contributed by atoms with van der Waals surface area (Å²) in [6.07, 6.45) is 0. The predicted molar refractivity (Wildman–Crippen MR) is 111 cm³/mol. The minimum atomic E-state index is -3.91. The van der Waals surface area contributed by atoms with Gasteiger partial charge >= 0.3 is 5.97 Å². The molecule has 0 aliphatic carbocycles. The average Bonchev–Trinajstić information content (AvgIpc) is 2.64. The van der Waals surface area contributed by atoms with Crippen LogP contribution in [0.1, 0.15) is 19.7 Å². The molecule has 10 nitrogen and oxygen atoms in total. The number of ether oxygens (including phenoxy) is 1. The maximum atomic E-state index is 12.6. The summed E-state index contributed by atoms with van der Waals surface area (Å²) in [5, 5.41) is 0. The fourth-order valence-corrected chi connectivity index (χ4v) is 3.82. The van der Waals surface area contributed by atoms with Crippen LogP contribution in [0, 0.1) is 5.92 Å². The fourth-order valence-electron chi connectivity index (χ4n) is 2.22. The number of halogens is 1. The van der Waals surface area contributed by atoms with Gasteiger partial charge < -0.3 is 15.4 Å². The van der Waals surface area contributed by atoms with Gasteiger partial charge in [0.05, 0.1) is 4.90 Å². The number of carbonyl (C=O) groups excluding carboxylic acids is 1. The number of anilines is 2. The van der Waals surface area contributed by atoms with Gasteiger partial charge in [-0.05, 0) is 30.2 Å². The monoisotopic (exact) mass is 486 g/mol. The van der Waals surface area contributed by atoms with Gasteiger partial charge in [0.15, 0.2) is 12.4 Å². The van der Waals surface area contributed by atoms with E-state index >= 15 is 0 Å². The Labute approximate surface area is 178 Å². The number of rotatable bonds is 8. The van der Waals surface area contributed by atoms with Gasteiger partial charge in [0.1, 0.15) is 6.04 Å². The number of hydrogen-bond acceptors (Lipinski definition) is 9. The van der Waals surface area contributed by atoms with Gasteiger partial charge in [0.2, 0.25) is 21.9 Å². The Morgan fingerprint density at radius 1 is 1.21 bits per heavy atom. The molecule has 2 rings (SSSR count). The number of nitrogens with two attached hydrogens (primary N) is 1. The van der Waals surface area contributed by atoms with E-state index in [4.69, 9.17) is 10.5 Å². The molecular formula is C17H23BrN6O4S. The van der Waals surface area contributed by atoms with Gasteiger partial charge in [-0.25, -0.2) is 8.42 Å². The van der Waals surface area contributed by atoms with Crippen LogP contribution in [0.5, 0.6) is 0 Å². The van der Waals surface area contributed by atoms with Crippen LogP contribution in [0.4, 0.5) is 11.9 Å². The quantitative estimate of drug-likeness (QED) is 0.528. The van der Waals surface area contributed by atoms with Crippen molar-refractivity contribution in [1.29, 1.82) is 0 Å². The van der Waals surface area contributed by atoms with E-state index in [2.05, 4.69) is 35.6 Å². The lowest BCUT2D eigenvalue weighted by molar-refractivity contribution is -0.148. The Bertz CT molecular complexity index is 966. The number of benzene rings is 1. The molecule has 0 radical (unpaired) electrons. The van der Waals surface area contributed by atoms with Gasteiger partial charge in [-0.1, -0.05) is 29.8 Å². The normalized spacial score (nSPS) is 12.6. The lowest BCUT2D eigenvalue weighted by Gasteiger charge is -2.21. The number of nitrogens with zero attached hydrogens (tertiary/aromatic N) is 4. The average molecular weight is 487 g/mol. The number of esters is 1. The summed E-state index contributed by atoms with van der Waals surface area (Å²) in [5.74, 6) is -0.626. The van der Waals surface area contributed by atoms with Crippen LogP contribution in [0.15, 0.2) is 33.6 Å². The molecule has 3 N–H and O–H groups in total. The molecule has 0 saturated heterocycles. The summed E-state index contributed by atoms with van der Waals surface area (Å²) >= 11 is 3.25. The van der Waals surface area contributed by atoms with E-state index in [0.717, 1.165) is 4.47 Å². The van der Waals surface area contributed by atoms with Crippen molar-refractivity contribution >= 4 is 43.8 Å². The third kappa shape index (κ3) is 6.34. The molecular weight excluding hydrogens is 464 g/mol. The van der Waals surface area contributed by atoms with Crippen molar-refractivity contribution in [3.05, 3.63) is 34.6 Å². The van der Waals surface area contributed by atoms with Crippen molar-refractivity contribution in [3.63, 3.8) is 0 Å². The molecule has 0 amide bonds. The molecule has 0 bridgehead atoms. The van der Waals surface area contributed by atoms with Crippen molar-refractivity contribution in [2.45, 2.75) is 31.4 Å². The molecule has 1 atom stereocenters. The van der Waals surface area contributed by atoms with E-state index in [1.807, 2.05) is 0 Å². The molecule has 0 unspecified atom stereocenters. The molecule has 1 aromatic heterocycles. The minimum absolute atomic E-state index is 0.00824. The summed E-state index contributed by atoms with van der Waals surface area (Å²) in [6.45, 7) is 3.15. The van der Waals surface area contributed by atoms with Gasteiger partial charge in [0.25, 0.3) is 0 Å². The Balaban J connectivity index is 2.13. The number of nitrogen functional groups attached to an aromatic ring is 1. The second kappa shape index (κ2) is 9.46. The van der Waals surface area contributed by atoms with Crippen LogP contribution in [0.25, 0.3) is 0 Å². The van der Waals surface area contributed by atoms with Crippen LogP contribution < -0.4 is 15.4 Å². The highest BCUT2D eigenvalue weighted by Gasteiger charge is 2.30. The first kappa shape index (κ1) is 23.0. The Morgan fingerprint density at radius 2 is 1.83 bits per heavy atom. The standard InChI is InChI=1S/C17H23BrN6O4S/c1-10(2)14(23-29(26,27)12-7-5-11(18)6-8-12)15(25)28-9-13-20-16(19)22-17(21-13)24(3)4/h5-8,10,14,23H,9H2,1-4H3,(H2,19,20,21,22)/t14-/m0/s1. The van der Waals surface area contributed by atoms with Crippen molar-refractivity contribution in [3.8, 4) is 0 Å². The lowest BCUT2D eigenvalue weighted by atomic mass is 10.1. The van der Waals surface area contributed by atoms with Gasteiger partial charge in [-0.3, -0.25) is 4.79 Å². The second-order valence-corrected chi connectivity index (χ2v) is 9.34. The van der Waals surface area contributed by atoms with Crippen LogP contribution in [-0.4, -0.2) is 49.5 Å². The summed E-state index contributed by atoms with van der Waals surface area (Å²) in [5.41, 5.74) is 5.65. The molecule has 0 aliphatic heterocycles. The van der Waals surface area contributed by atoms with Crippen LogP contribution in [-0.2, 0) is 26.2 Å². The largest absolute Gasteiger partial charge is 0.456 e. The first-order valence-corrected chi connectivity index (χ1v) is 10.9. The SMILES string of the molecule is CC(C)[C@H](NS(=O)(=O)c1ccc(Br)cc1)C(=O)OCc1nc(N)nc(N(C)C)n1. The number of aromatic nitrogens is 3. The molecule has 158 valence electrons. The molecule has 0 fully saturated rings. The van der Waals surface area contributed by atoms with Gasteiger partial charge in [0, 0.05) is 18.6 Å². The molecule has 0 spiro atoms. The third-order valence-corrected chi connectivity index (χ3v) is 5.74. The maximum Gasteiger partial charge on any atom is 0.324 e. The van der Waals surface area contributed by atoms with Crippen molar-refractivity contribution in [2.24, 2.45) is 5.92 Å². The van der Waals surface area contributed by atoms with Crippen molar-refractivity contribution in [2.75, 3.05) is 24.7 Å². The molecule has 0 aliphatic rings. The molecule has 12 heteroatoms. The zero-order valence-corrected chi connectivity index (χ0v) is 18.9. The summed E-state index contributed by atoms with van der Waals surface area (Å²) < 4.78 is 33.6.